The largest absolute Gasteiger partial charge is 0.353 e. The summed E-state index contributed by atoms with van der Waals surface area (Å²) < 4.78 is 0. The fraction of sp³-hybridized carbons (Fsp3) is 0.696. The summed E-state index contributed by atoms with van der Waals surface area (Å²) >= 11 is 0. The monoisotopic (exact) mass is 395 g/mol. The standard InChI is InChI=1S/C23H33N5O/c1-17(2)14-21-19-7-5-6-18(19)20(15-24)23(25-21)28-12-10-26(11-13-28)16-22(29)27-8-3-4-9-27/h17H,3-14,16H2,1-2H3. The molecular formula is C23H33N5O. The first-order valence-corrected chi connectivity index (χ1v) is 11.3. The van der Waals surface area contributed by atoms with Crippen LogP contribution in [0.4, 0.5) is 5.82 Å². The van der Waals surface area contributed by atoms with Gasteiger partial charge in [-0.2, -0.15) is 5.26 Å². The van der Waals surface area contributed by atoms with Crippen LogP contribution in [0, 0.1) is 17.2 Å². The quantitative estimate of drug-likeness (QED) is 0.766. The smallest absolute Gasteiger partial charge is 0.236 e. The van der Waals surface area contributed by atoms with Crippen molar-refractivity contribution in [1.29, 1.82) is 5.26 Å². The van der Waals surface area contributed by atoms with E-state index in [0.29, 0.717) is 12.5 Å². The molecule has 29 heavy (non-hydrogen) atoms. The van der Waals surface area contributed by atoms with E-state index in [4.69, 9.17) is 4.98 Å². The number of rotatable bonds is 5. The summed E-state index contributed by atoms with van der Waals surface area (Å²) in [6.07, 6.45) is 6.45. The lowest BCUT2D eigenvalue weighted by Gasteiger charge is -2.36. The van der Waals surface area contributed by atoms with Gasteiger partial charge in [0.1, 0.15) is 11.9 Å². The molecular weight excluding hydrogens is 362 g/mol. The van der Waals surface area contributed by atoms with Crippen molar-refractivity contribution in [2.45, 2.75) is 52.4 Å². The van der Waals surface area contributed by atoms with Crippen molar-refractivity contribution >= 4 is 11.7 Å². The van der Waals surface area contributed by atoms with Gasteiger partial charge in [0.05, 0.1) is 12.1 Å². The van der Waals surface area contributed by atoms with Crippen molar-refractivity contribution in [2.24, 2.45) is 5.92 Å². The number of pyridine rings is 1. The van der Waals surface area contributed by atoms with Crippen LogP contribution in [0.25, 0.3) is 0 Å². The molecule has 1 aromatic rings. The molecule has 1 aliphatic carbocycles. The van der Waals surface area contributed by atoms with Crippen LogP contribution in [-0.4, -0.2) is 66.5 Å². The second kappa shape index (κ2) is 8.71. The molecule has 6 heteroatoms. The predicted molar refractivity (Wildman–Crippen MR) is 114 cm³/mol. The molecule has 0 unspecified atom stereocenters. The first-order chi connectivity index (χ1) is 14.1. The van der Waals surface area contributed by atoms with Crippen LogP contribution in [0.3, 0.4) is 0 Å². The van der Waals surface area contributed by atoms with E-state index in [1.807, 2.05) is 4.90 Å². The van der Waals surface area contributed by atoms with Crippen LogP contribution in [0.2, 0.25) is 0 Å². The van der Waals surface area contributed by atoms with Gasteiger partial charge < -0.3 is 9.80 Å². The van der Waals surface area contributed by atoms with Gasteiger partial charge in [0.15, 0.2) is 0 Å². The average molecular weight is 396 g/mol. The Labute approximate surface area is 174 Å². The zero-order valence-corrected chi connectivity index (χ0v) is 17.9. The fourth-order valence-corrected chi connectivity index (χ4v) is 5.00. The number of hydrogen-bond acceptors (Lipinski definition) is 5. The molecule has 0 radical (unpaired) electrons. The number of nitriles is 1. The van der Waals surface area contributed by atoms with E-state index >= 15 is 0 Å². The van der Waals surface area contributed by atoms with Crippen molar-refractivity contribution in [1.82, 2.24) is 14.8 Å². The summed E-state index contributed by atoms with van der Waals surface area (Å²) in [6.45, 7) is 10.2. The molecule has 1 amide bonds. The number of anilines is 1. The van der Waals surface area contributed by atoms with Crippen LogP contribution >= 0.6 is 0 Å². The van der Waals surface area contributed by atoms with Crippen LogP contribution in [0.15, 0.2) is 0 Å². The van der Waals surface area contributed by atoms with E-state index in [-0.39, 0.29) is 5.91 Å². The molecule has 6 nitrogen and oxygen atoms in total. The van der Waals surface area contributed by atoms with Crippen LogP contribution in [-0.2, 0) is 24.1 Å². The highest BCUT2D eigenvalue weighted by Crippen LogP contribution is 2.34. The normalized spacial score (nSPS) is 19.7. The lowest BCUT2D eigenvalue weighted by molar-refractivity contribution is -0.131. The third kappa shape index (κ3) is 4.25. The molecule has 3 aliphatic rings. The van der Waals surface area contributed by atoms with Gasteiger partial charge in [-0.05, 0) is 55.6 Å². The molecule has 1 aromatic heterocycles. The highest BCUT2D eigenvalue weighted by Gasteiger charge is 2.29. The maximum absolute atomic E-state index is 12.5. The molecule has 4 rings (SSSR count). The molecule has 3 heterocycles. The highest BCUT2D eigenvalue weighted by molar-refractivity contribution is 5.78. The minimum absolute atomic E-state index is 0.267. The molecule has 2 fully saturated rings. The third-order valence-corrected chi connectivity index (χ3v) is 6.54. The SMILES string of the molecule is CC(C)Cc1nc(N2CCN(CC(=O)N3CCCC3)CC2)c(C#N)c2c1CCC2. The molecule has 156 valence electrons. The van der Waals surface area contributed by atoms with E-state index < -0.39 is 0 Å². The van der Waals surface area contributed by atoms with Crippen LogP contribution in [0.5, 0.6) is 0 Å². The first-order valence-electron chi connectivity index (χ1n) is 11.3. The Bertz CT molecular complexity index is 798. The Kier molecular flexibility index (Phi) is 6.05. The molecule has 0 bridgehead atoms. The van der Waals surface area contributed by atoms with Crippen LogP contribution < -0.4 is 4.90 Å². The second-order valence-electron chi connectivity index (χ2n) is 9.13. The van der Waals surface area contributed by atoms with Gasteiger partial charge in [0.25, 0.3) is 0 Å². The van der Waals surface area contributed by atoms with Crippen molar-refractivity contribution in [2.75, 3.05) is 50.7 Å². The summed E-state index contributed by atoms with van der Waals surface area (Å²) in [6, 6.07) is 2.48. The van der Waals surface area contributed by atoms with Gasteiger partial charge >= 0.3 is 0 Å². The Morgan fingerprint density at radius 2 is 1.72 bits per heavy atom. The average Bonchev–Trinajstić information content (AvgIpc) is 3.40. The van der Waals surface area contributed by atoms with Gasteiger partial charge in [-0.15, -0.1) is 0 Å². The van der Waals surface area contributed by atoms with Gasteiger partial charge in [-0.1, -0.05) is 13.8 Å². The Morgan fingerprint density at radius 3 is 2.38 bits per heavy atom. The number of nitrogens with zero attached hydrogens (tertiary/aromatic N) is 5. The number of piperazine rings is 1. The molecule has 0 aromatic carbocycles. The Hall–Kier alpha value is -2.13. The number of carbonyl (C=O) groups is 1. The molecule has 2 aliphatic heterocycles. The number of carbonyl (C=O) groups excluding carboxylic acids is 1. The number of hydrogen-bond donors (Lipinski definition) is 0. The van der Waals surface area contributed by atoms with E-state index in [1.54, 1.807) is 0 Å². The van der Waals surface area contributed by atoms with E-state index in [9.17, 15) is 10.1 Å². The van der Waals surface area contributed by atoms with Crippen molar-refractivity contribution < 1.29 is 4.79 Å². The molecule has 0 spiro atoms. The van der Waals surface area contributed by atoms with Gasteiger partial charge in [-0.25, -0.2) is 4.98 Å². The number of aromatic nitrogens is 1. The van der Waals surface area contributed by atoms with Gasteiger partial charge in [0.2, 0.25) is 5.91 Å². The lowest BCUT2D eigenvalue weighted by Crippen LogP contribution is -2.50. The predicted octanol–water partition coefficient (Wildman–Crippen LogP) is 2.38. The Balaban J connectivity index is 1.48. The highest BCUT2D eigenvalue weighted by atomic mass is 16.2. The first kappa shape index (κ1) is 20.2. The Morgan fingerprint density at radius 1 is 1.03 bits per heavy atom. The maximum Gasteiger partial charge on any atom is 0.236 e. The maximum atomic E-state index is 12.5. The second-order valence-corrected chi connectivity index (χ2v) is 9.13. The zero-order valence-electron chi connectivity index (χ0n) is 17.9. The van der Waals surface area contributed by atoms with Gasteiger partial charge in [-0.3, -0.25) is 9.69 Å². The minimum Gasteiger partial charge on any atom is -0.353 e. The molecule has 0 atom stereocenters. The van der Waals surface area contributed by atoms with E-state index in [0.717, 1.165) is 89.2 Å². The van der Waals surface area contributed by atoms with Crippen LogP contribution in [0.1, 0.15) is 55.5 Å². The summed E-state index contributed by atoms with van der Waals surface area (Å²) in [5.41, 5.74) is 4.59. The molecule has 2 saturated heterocycles. The number of fused-ring (bicyclic) bond motifs is 1. The minimum atomic E-state index is 0.267. The van der Waals surface area contributed by atoms with Crippen molar-refractivity contribution in [3.05, 3.63) is 22.4 Å². The molecule has 0 N–H and O–H groups in total. The number of amides is 1. The summed E-state index contributed by atoms with van der Waals surface area (Å²) in [7, 11) is 0. The fourth-order valence-electron chi connectivity index (χ4n) is 5.00. The van der Waals surface area contributed by atoms with E-state index in [2.05, 4.69) is 29.7 Å². The molecule has 0 saturated carbocycles. The van der Waals surface area contributed by atoms with E-state index in [1.165, 1.54) is 16.8 Å². The van der Waals surface area contributed by atoms with Crippen molar-refractivity contribution in [3.8, 4) is 6.07 Å². The third-order valence-electron chi connectivity index (χ3n) is 6.54. The summed E-state index contributed by atoms with van der Waals surface area (Å²) in [4.78, 5) is 24.0. The number of likely N-dealkylation sites (tertiary alicyclic amines) is 1. The topological polar surface area (TPSA) is 63.5 Å². The lowest BCUT2D eigenvalue weighted by atomic mass is 9.97. The van der Waals surface area contributed by atoms with Crippen molar-refractivity contribution in [3.63, 3.8) is 0 Å². The zero-order chi connectivity index (χ0) is 20.4. The summed E-state index contributed by atoms with van der Waals surface area (Å²) in [5.74, 6) is 1.71. The van der Waals surface area contributed by atoms with Gasteiger partial charge in [0, 0.05) is 45.0 Å². The summed E-state index contributed by atoms with van der Waals surface area (Å²) in [5, 5.41) is 9.90.